The highest BCUT2D eigenvalue weighted by Crippen LogP contribution is 2.17. The normalized spacial score (nSPS) is 12.0. The molecule has 8 heteroatoms. The summed E-state index contributed by atoms with van der Waals surface area (Å²) in [7, 11) is 0. The molecule has 1 amide bonds. The van der Waals surface area contributed by atoms with Gasteiger partial charge in [0.05, 0.1) is 16.8 Å². The highest BCUT2D eigenvalue weighted by Gasteiger charge is 2.15. The first-order valence-electron chi connectivity index (χ1n) is 8.65. The van der Waals surface area contributed by atoms with E-state index in [1.165, 1.54) is 5.56 Å². The molecule has 0 spiro atoms. The number of benzene rings is 2. The summed E-state index contributed by atoms with van der Waals surface area (Å²) < 4.78 is 2.08. The molecule has 1 unspecified atom stereocenters. The Bertz CT molecular complexity index is 994. The molecule has 27 heavy (non-hydrogen) atoms. The first-order valence-corrected chi connectivity index (χ1v) is 9.03. The van der Waals surface area contributed by atoms with Crippen molar-refractivity contribution in [2.24, 2.45) is 0 Å². The van der Waals surface area contributed by atoms with Gasteiger partial charge in [0.2, 0.25) is 5.91 Å². The molecule has 0 aliphatic rings. The molecule has 1 heterocycles. The minimum atomic E-state index is -0.529. The maximum Gasteiger partial charge on any atom is 0.369 e. The average Bonchev–Trinajstić information content (AvgIpc) is 3.02. The van der Waals surface area contributed by atoms with Gasteiger partial charge in [0.15, 0.2) is 0 Å². The molecule has 140 valence electrons. The molecule has 1 N–H and O–H groups in total. The summed E-state index contributed by atoms with van der Waals surface area (Å²) in [5.74, 6) is -0.324. The van der Waals surface area contributed by atoms with Crippen LogP contribution in [0, 0.1) is 0 Å². The van der Waals surface area contributed by atoms with Crippen molar-refractivity contribution in [1.29, 1.82) is 0 Å². The van der Waals surface area contributed by atoms with Crippen molar-refractivity contribution in [3.8, 4) is 5.69 Å². The molecule has 0 aliphatic heterocycles. The Morgan fingerprint density at radius 3 is 2.52 bits per heavy atom. The lowest BCUT2D eigenvalue weighted by Crippen LogP contribution is -2.34. The Hall–Kier alpha value is -2.93. The Labute approximate surface area is 161 Å². The number of para-hydroxylation sites is 1. The van der Waals surface area contributed by atoms with Gasteiger partial charge in [0.1, 0.15) is 6.54 Å². The molecule has 0 bridgehead atoms. The predicted molar refractivity (Wildman–Crippen MR) is 103 cm³/mol. The van der Waals surface area contributed by atoms with Gasteiger partial charge in [-0.1, -0.05) is 54.9 Å². The third-order valence-corrected chi connectivity index (χ3v) is 4.60. The Morgan fingerprint density at radius 1 is 1.15 bits per heavy atom. The van der Waals surface area contributed by atoms with Crippen LogP contribution in [0.3, 0.4) is 0 Å². The van der Waals surface area contributed by atoms with Gasteiger partial charge >= 0.3 is 5.69 Å². The number of carbonyl (C=O) groups is 1. The summed E-state index contributed by atoms with van der Waals surface area (Å²) in [4.78, 5) is 24.8. The number of hydrogen-bond donors (Lipinski definition) is 1. The van der Waals surface area contributed by atoms with Crippen molar-refractivity contribution >= 4 is 17.5 Å². The van der Waals surface area contributed by atoms with Crippen LogP contribution in [0.15, 0.2) is 53.3 Å². The number of nitrogens with one attached hydrogen (secondary N) is 1. The lowest BCUT2D eigenvalue weighted by molar-refractivity contribution is -0.122. The molecule has 3 aromatic rings. The number of hydrogen-bond acceptors (Lipinski definition) is 4. The lowest BCUT2D eigenvalue weighted by atomic mass is 10.1. The number of halogens is 1. The Kier molecular flexibility index (Phi) is 5.71. The van der Waals surface area contributed by atoms with E-state index in [1.807, 2.05) is 31.2 Å². The van der Waals surface area contributed by atoms with Crippen LogP contribution in [0.2, 0.25) is 5.02 Å². The largest absolute Gasteiger partial charge is 0.369 e. The van der Waals surface area contributed by atoms with Gasteiger partial charge in [-0.15, -0.1) is 0 Å². The summed E-state index contributed by atoms with van der Waals surface area (Å²) >= 11 is 6.09. The van der Waals surface area contributed by atoms with Gasteiger partial charge in [-0.25, -0.2) is 4.79 Å². The summed E-state index contributed by atoms with van der Waals surface area (Å²) in [6.07, 6.45) is 0.963. The highest BCUT2D eigenvalue weighted by molar-refractivity contribution is 6.32. The third-order valence-electron chi connectivity index (χ3n) is 4.28. The van der Waals surface area contributed by atoms with Crippen LogP contribution in [0.1, 0.15) is 31.0 Å². The fourth-order valence-electron chi connectivity index (χ4n) is 2.70. The maximum atomic E-state index is 12.4. The quantitative estimate of drug-likeness (QED) is 0.706. The predicted octanol–water partition coefficient (Wildman–Crippen LogP) is 2.52. The van der Waals surface area contributed by atoms with Crippen molar-refractivity contribution < 1.29 is 4.79 Å². The second kappa shape index (κ2) is 8.18. The van der Waals surface area contributed by atoms with Gasteiger partial charge < -0.3 is 5.32 Å². The number of tetrazole rings is 1. The van der Waals surface area contributed by atoms with Crippen LogP contribution in [-0.4, -0.2) is 25.7 Å². The van der Waals surface area contributed by atoms with Crippen molar-refractivity contribution in [3.05, 3.63) is 75.2 Å². The summed E-state index contributed by atoms with van der Waals surface area (Å²) in [6.45, 7) is 3.76. The van der Waals surface area contributed by atoms with E-state index in [4.69, 9.17) is 11.6 Å². The molecule has 0 fully saturated rings. The van der Waals surface area contributed by atoms with Gasteiger partial charge in [0, 0.05) is 0 Å². The van der Waals surface area contributed by atoms with Gasteiger partial charge in [-0.2, -0.15) is 9.36 Å². The summed E-state index contributed by atoms with van der Waals surface area (Å²) in [6, 6.07) is 14.7. The van der Waals surface area contributed by atoms with Crippen molar-refractivity contribution in [2.75, 3.05) is 0 Å². The molecular weight excluding hydrogens is 366 g/mol. The fraction of sp³-hybridized carbons (Fsp3) is 0.263. The number of aryl methyl sites for hydroxylation is 1. The van der Waals surface area contributed by atoms with Crippen LogP contribution in [0.4, 0.5) is 0 Å². The molecule has 0 aliphatic carbocycles. The van der Waals surface area contributed by atoms with Crippen LogP contribution in [0.5, 0.6) is 0 Å². The second-order valence-electron chi connectivity index (χ2n) is 6.17. The van der Waals surface area contributed by atoms with Crippen LogP contribution < -0.4 is 11.0 Å². The fourth-order valence-corrected chi connectivity index (χ4v) is 2.91. The first kappa shape index (κ1) is 18.8. The van der Waals surface area contributed by atoms with Crippen molar-refractivity contribution in [2.45, 2.75) is 32.9 Å². The van der Waals surface area contributed by atoms with Gasteiger partial charge in [0.25, 0.3) is 0 Å². The van der Waals surface area contributed by atoms with E-state index in [2.05, 4.69) is 22.7 Å². The van der Waals surface area contributed by atoms with E-state index in [0.717, 1.165) is 21.3 Å². The summed E-state index contributed by atoms with van der Waals surface area (Å²) in [5.41, 5.74) is 2.12. The van der Waals surface area contributed by atoms with E-state index >= 15 is 0 Å². The molecule has 7 nitrogen and oxygen atoms in total. The van der Waals surface area contributed by atoms with E-state index < -0.39 is 5.69 Å². The number of nitrogens with zero attached hydrogens (tertiary/aromatic N) is 4. The molecular formula is C19H20ClN5O2. The molecule has 1 atom stereocenters. The molecule has 0 radical (unpaired) electrons. The first-order chi connectivity index (χ1) is 13.0. The minimum absolute atomic E-state index is 0.183. The monoisotopic (exact) mass is 385 g/mol. The van der Waals surface area contributed by atoms with Crippen LogP contribution >= 0.6 is 11.6 Å². The molecule has 2 aromatic carbocycles. The zero-order valence-corrected chi connectivity index (χ0v) is 15.8. The van der Waals surface area contributed by atoms with Crippen molar-refractivity contribution in [1.82, 2.24) is 25.1 Å². The lowest BCUT2D eigenvalue weighted by Gasteiger charge is -2.14. The average molecular weight is 386 g/mol. The zero-order chi connectivity index (χ0) is 19.4. The number of carbonyl (C=O) groups excluding carboxylic acids is 1. The third kappa shape index (κ3) is 4.25. The topological polar surface area (TPSA) is 81.8 Å². The number of aromatic nitrogens is 4. The smallest absolute Gasteiger partial charge is 0.348 e. The van der Waals surface area contributed by atoms with E-state index in [9.17, 15) is 9.59 Å². The Morgan fingerprint density at radius 2 is 1.85 bits per heavy atom. The van der Waals surface area contributed by atoms with E-state index in [0.29, 0.717) is 10.7 Å². The van der Waals surface area contributed by atoms with Gasteiger partial charge in [-0.05, 0) is 47.0 Å². The second-order valence-corrected chi connectivity index (χ2v) is 6.57. The Balaban J connectivity index is 1.69. The van der Waals surface area contributed by atoms with Crippen LogP contribution in [0.25, 0.3) is 5.69 Å². The van der Waals surface area contributed by atoms with Gasteiger partial charge in [-0.3, -0.25) is 4.79 Å². The minimum Gasteiger partial charge on any atom is -0.348 e. The zero-order valence-electron chi connectivity index (χ0n) is 15.1. The molecule has 3 rings (SSSR count). The SMILES string of the molecule is CCc1ccc(C(C)NC(=O)Cn2nnn(-c3ccccc3Cl)c2=O)cc1. The molecule has 0 saturated heterocycles. The number of amides is 1. The molecule has 0 saturated carbocycles. The maximum absolute atomic E-state index is 12.4. The van der Waals surface area contributed by atoms with E-state index in [1.54, 1.807) is 24.3 Å². The van der Waals surface area contributed by atoms with Crippen molar-refractivity contribution in [3.63, 3.8) is 0 Å². The highest BCUT2D eigenvalue weighted by atomic mass is 35.5. The molecule has 1 aromatic heterocycles. The van der Waals surface area contributed by atoms with Crippen LogP contribution in [-0.2, 0) is 17.8 Å². The van der Waals surface area contributed by atoms with E-state index in [-0.39, 0.29) is 18.5 Å². The number of rotatable bonds is 6. The summed E-state index contributed by atoms with van der Waals surface area (Å²) in [5, 5.41) is 10.8. The standard InChI is InChI=1S/C19H20ClN5O2/c1-3-14-8-10-15(11-9-14)13(2)21-18(26)12-24-19(27)25(23-22-24)17-7-5-4-6-16(17)20/h4-11,13H,3,12H2,1-2H3,(H,21,26).